The fraction of sp³-hybridized carbons (Fsp3) is 0.455. The van der Waals surface area contributed by atoms with Crippen LogP contribution in [0.1, 0.15) is 12.5 Å². The standard InChI is InChI=1S/C11H12Cl3F/c1-11(6-12,7-13)5-8-3-2-4-9(14)10(8)15/h2-4H,5-7H2,1H3. The van der Waals surface area contributed by atoms with Crippen molar-refractivity contribution in [3.8, 4) is 0 Å². The van der Waals surface area contributed by atoms with Crippen LogP contribution in [0.25, 0.3) is 0 Å². The van der Waals surface area contributed by atoms with Gasteiger partial charge in [-0.25, -0.2) is 4.39 Å². The highest BCUT2D eigenvalue weighted by atomic mass is 35.5. The van der Waals surface area contributed by atoms with E-state index in [9.17, 15) is 4.39 Å². The highest BCUT2D eigenvalue weighted by molar-refractivity contribution is 6.30. The van der Waals surface area contributed by atoms with Crippen LogP contribution in [0, 0.1) is 11.2 Å². The number of benzene rings is 1. The molecule has 0 aromatic heterocycles. The van der Waals surface area contributed by atoms with Crippen LogP contribution in [0.15, 0.2) is 18.2 Å². The second-order valence-electron chi connectivity index (χ2n) is 3.97. The average Bonchev–Trinajstić information content (AvgIpc) is 2.25. The molecular weight excluding hydrogens is 257 g/mol. The van der Waals surface area contributed by atoms with Crippen molar-refractivity contribution in [3.05, 3.63) is 34.6 Å². The Morgan fingerprint density at radius 1 is 1.27 bits per heavy atom. The molecule has 0 saturated carbocycles. The second-order valence-corrected chi connectivity index (χ2v) is 4.91. The zero-order valence-electron chi connectivity index (χ0n) is 8.37. The molecule has 0 saturated heterocycles. The first-order chi connectivity index (χ1) is 7.02. The molecule has 0 radical (unpaired) electrons. The summed E-state index contributed by atoms with van der Waals surface area (Å²) in [7, 11) is 0. The lowest BCUT2D eigenvalue weighted by molar-refractivity contribution is 0.415. The maximum absolute atomic E-state index is 13.6. The van der Waals surface area contributed by atoms with Crippen LogP contribution in [0.4, 0.5) is 4.39 Å². The molecule has 0 aliphatic rings. The summed E-state index contributed by atoms with van der Waals surface area (Å²) in [6.45, 7) is 1.92. The third-order valence-corrected chi connectivity index (χ3v) is 3.88. The van der Waals surface area contributed by atoms with Crippen molar-refractivity contribution in [2.75, 3.05) is 11.8 Å². The van der Waals surface area contributed by atoms with Crippen LogP contribution in [0.3, 0.4) is 0 Å². The van der Waals surface area contributed by atoms with E-state index in [0.717, 1.165) is 0 Å². The normalized spacial score (nSPS) is 11.8. The molecule has 1 aromatic carbocycles. The van der Waals surface area contributed by atoms with E-state index < -0.39 is 0 Å². The molecule has 0 atom stereocenters. The van der Waals surface area contributed by atoms with E-state index in [1.807, 2.05) is 6.92 Å². The minimum absolute atomic E-state index is 0.138. The van der Waals surface area contributed by atoms with Gasteiger partial charge in [0.05, 0.1) is 5.02 Å². The zero-order valence-corrected chi connectivity index (χ0v) is 10.6. The van der Waals surface area contributed by atoms with Crippen molar-refractivity contribution < 1.29 is 4.39 Å². The third kappa shape index (κ3) is 3.24. The summed E-state index contributed by atoms with van der Waals surface area (Å²) in [6.07, 6.45) is 0.492. The molecule has 0 N–H and O–H groups in total. The highest BCUT2D eigenvalue weighted by Crippen LogP contribution is 2.29. The van der Waals surface area contributed by atoms with E-state index in [1.165, 1.54) is 6.07 Å². The Hall–Kier alpha value is 0.0200. The van der Waals surface area contributed by atoms with Gasteiger partial charge in [-0.1, -0.05) is 30.7 Å². The lowest BCUT2D eigenvalue weighted by Crippen LogP contribution is -2.24. The summed E-state index contributed by atoms with van der Waals surface area (Å²) >= 11 is 17.3. The molecule has 0 aliphatic carbocycles. The zero-order chi connectivity index (χ0) is 11.5. The predicted molar refractivity (Wildman–Crippen MR) is 64.7 cm³/mol. The van der Waals surface area contributed by atoms with Gasteiger partial charge in [0.15, 0.2) is 0 Å². The third-order valence-electron chi connectivity index (χ3n) is 2.29. The molecule has 0 spiro atoms. The van der Waals surface area contributed by atoms with Gasteiger partial charge in [0.25, 0.3) is 0 Å². The monoisotopic (exact) mass is 268 g/mol. The molecule has 1 rings (SSSR count). The fourth-order valence-electron chi connectivity index (χ4n) is 1.27. The van der Waals surface area contributed by atoms with Crippen molar-refractivity contribution in [2.24, 2.45) is 5.41 Å². The van der Waals surface area contributed by atoms with Crippen LogP contribution in [0.5, 0.6) is 0 Å². The minimum atomic E-state index is -0.374. The molecule has 0 fully saturated rings. The van der Waals surface area contributed by atoms with Gasteiger partial charge in [-0.3, -0.25) is 0 Å². The van der Waals surface area contributed by atoms with Gasteiger partial charge in [0.1, 0.15) is 5.82 Å². The number of hydrogen-bond donors (Lipinski definition) is 0. The predicted octanol–water partition coefficient (Wildman–Crippen LogP) is 4.51. The Kier molecular flexibility index (Phi) is 4.69. The van der Waals surface area contributed by atoms with Crippen molar-refractivity contribution in [1.82, 2.24) is 0 Å². The number of halogens is 4. The van der Waals surface area contributed by atoms with E-state index >= 15 is 0 Å². The molecule has 0 nitrogen and oxygen atoms in total. The van der Waals surface area contributed by atoms with Crippen LogP contribution >= 0.6 is 34.8 Å². The first kappa shape index (κ1) is 13.1. The Morgan fingerprint density at radius 2 is 1.87 bits per heavy atom. The quantitative estimate of drug-likeness (QED) is 0.706. The van der Waals surface area contributed by atoms with Crippen molar-refractivity contribution in [1.29, 1.82) is 0 Å². The van der Waals surface area contributed by atoms with Crippen LogP contribution in [0.2, 0.25) is 5.02 Å². The van der Waals surface area contributed by atoms with E-state index in [1.54, 1.807) is 12.1 Å². The molecule has 0 bridgehead atoms. The molecule has 0 unspecified atom stereocenters. The Balaban J connectivity index is 2.94. The van der Waals surface area contributed by atoms with Gasteiger partial charge >= 0.3 is 0 Å². The molecule has 0 heterocycles. The second kappa shape index (κ2) is 5.38. The van der Waals surface area contributed by atoms with Gasteiger partial charge in [-0.2, -0.15) is 0 Å². The first-order valence-corrected chi connectivity index (χ1v) is 6.02. The largest absolute Gasteiger partial charge is 0.205 e. The summed E-state index contributed by atoms with van der Waals surface area (Å²) in [6, 6.07) is 4.96. The smallest absolute Gasteiger partial charge is 0.144 e. The average molecular weight is 270 g/mol. The topological polar surface area (TPSA) is 0 Å². The van der Waals surface area contributed by atoms with Crippen molar-refractivity contribution in [2.45, 2.75) is 13.3 Å². The molecule has 0 aliphatic heterocycles. The molecule has 1 aromatic rings. The van der Waals surface area contributed by atoms with Gasteiger partial charge in [0, 0.05) is 11.8 Å². The SMILES string of the molecule is CC(CCl)(CCl)Cc1cccc(Cl)c1F. The van der Waals surface area contributed by atoms with E-state index in [0.29, 0.717) is 23.7 Å². The van der Waals surface area contributed by atoms with Gasteiger partial charge in [-0.15, -0.1) is 23.2 Å². The van der Waals surface area contributed by atoms with Crippen molar-refractivity contribution in [3.63, 3.8) is 0 Å². The van der Waals surface area contributed by atoms with E-state index in [2.05, 4.69) is 0 Å². The summed E-state index contributed by atoms with van der Waals surface area (Å²) in [5.74, 6) is 0.408. The van der Waals surface area contributed by atoms with Crippen LogP contribution in [-0.2, 0) is 6.42 Å². The van der Waals surface area contributed by atoms with Crippen LogP contribution in [-0.4, -0.2) is 11.8 Å². The maximum atomic E-state index is 13.6. The van der Waals surface area contributed by atoms with Gasteiger partial charge in [0.2, 0.25) is 0 Å². The molecule has 4 heteroatoms. The number of alkyl halides is 2. The summed E-state index contributed by atoms with van der Waals surface area (Å²) < 4.78 is 13.6. The van der Waals surface area contributed by atoms with Gasteiger partial charge < -0.3 is 0 Å². The van der Waals surface area contributed by atoms with Crippen LogP contribution < -0.4 is 0 Å². The van der Waals surface area contributed by atoms with E-state index in [-0.39, 0.29) is 16.3 Å². The fourth-order valence-corrected chi connectivity index (χ4v) is 1.94. The Bertz CT molecular complexity index is 335. The molecule has 84 valence electrons. The number of rotatable bonds is 4. The first-order valence-electron chi connectivity index (χ1n) is 4.57. The van der Waals surface area contributed by atoms with Gasteiger partial charge in [-0.05, 0) is 23.5 Å². The molecule has 0 amide bonds. The summed E-state index contributed by atoms with van der Waals surface area (Å²) in [4.78, 5) is 0. The summed E-state index contributed by atoms with van der Waals surface area (Å²) in [5.41, 5.74) is 0.264. The number of hydrogen-bond acceptors (Lipinski definition) is 0. The van der Waals surface area contributed by atoms with E-state index in [4.69, 9.17) is 34.8 Å². The highest BCUT2D eigenvalue weighted by Gasteiger charge is 2.24. The molecule has 15 heavy (non-hydrogen) atoms. The van der Waals surface area contributed by atoms with Crippen molar-refractivity contribution >= 4 is 34.8 Å². The minimum Gasteiger partial charge on any atom is -0.205 e. The Labute approximate surface area is 104 Å². The Morgan fingerprint density at radius 3 is 2.40 bits per heavy atom. The maximum Gasteiger partial charge on any atom is 0.144 e. The lowest BCUT2D eigenvalue weighted by Gasteiger charge is -2.24. The lowest BCUT2D eigenvalue weighted by atomic mass is 9.87. The summed E-state index contributed by atoms with van der Waals surface area (Å²) in [5, 5.41) is 0.138. The molecular formula is C11H12Cl3F.